The highest BCUT2D eigenvalue weighted by atomic mass is 16.4. The van der Waals surface area contributed by atoms with Crippen molar-refractivity contribution >= 4 is 11.9 Å². The maximum absolute atomic E-state index is 9.85. The average molecular weight is 268 g/mol. The molecule has 0 radical (unpaired) electrons. The Balaban J connectivity index is 0.000000344. The molecule has 0 heterocycles. The minimum absolute atomic E-state index is 0.266. The lowest BCUT2D eigenvalue weighted by Gasteiger charge is -2.02. The van der Waals surface area contributed by atoms with Crippen LogP contribution in [-0.4, -0.2) is 34.2 Å². The Morgan fingerprint density at radius 3 is 2.00 bits per heavy atom. The van der Waals surface area contributed by atoms with Crippen molar-refractivity contribution < 1.29 is 19.8 Å². The largest absolute Gasteiger partial charge is 0.481 e. The Morgan fingerprint density at radius 1 is 1.16 bits per heavy atom. The number of carbonyl (C=O) groups is 2. The van der Waals surface area contributed by atoms with Gasteiger partial charge in [-0.15, -0.1) is 0 Å². The first-order chi connectivity index (χ1) is 8.82. The van der Waals surface area contributed by atoms with Crippen molar-refractivity contribution in [2.45, 2.75) is 31.8 Å². The summed E-state index contributed by atoms with van der Waals surface area (Å²) in [6.07, 6.45) is 0.441. The molecule has 0 saturated heterocycles. The molecule has 0 spiro atoms. The lowest BCUT2D eigenvalue weighted by atomic mass is 10.1. The fourth-order valence-corrected chi connectivity index (χ4v) is 1.26. The van der Waals surface area contributed by atoms with Gasteiger partial charge in [0.05, 0.1) is 6.42 Å². The Hall–Kier alpha value is -1.92. The molecule has 19 heavy (non-hydrogen) atoms. The van der Waals surface area contributed by atoms with Gasteiger partial charge in [-0.1, -0.05) is 30.3 Å². The molecule has 0 bridgehead atoms. The third-order valence-corrected chi connectivity index (χ3v) is 2.11. The van der Waals surface area contributed by atoms with Crippen LogP contribution in [0.5, 0.6) is 0 Å². The van der Waals surface area contributed by atoms with Crippen molar-refractivity contribution in [3.8, 4) is 0 Å². The lowest BCUT2D eigenvalue weighted by molar-refractivity contribution is -0.144. The summed E-state index contributed by atoms with van der Waals surface area (Å²) in [7, 11) is 0. The van der Waals surface area contributed by atoms with Gasteiger partial charge in [-0.05, 0) is 18.9 Å². The molecule has 0 aromatic heterocycles. The summed E-state index contributed by atoms with van der Waals surface area (Å²) in [5, 5.41) is 16.0. The van der Waals surface area contributed by atoms with Crippen LogP contribution < -0.4 is 11.5 Å². The molecule has 2 atom stereocenters. The van der Waals surface area contributed by atoms with Crippen LogP contribution in [0, 0.1) is 0 Å². The third kappa shape index (κ3) is 9.75. The molecule has 1 aromatic carbocycles. The van der Waals surface area contributed by atoms with Crippen LogP contribution in [-0.2, 0) is 16.0 Å². The minimum Gasteiger partial charge on any atom is -0.481 e. The second-order valence-corrected chi connectivity index (χ2v) is 4.21. The van der Waals surface area contributed by atoms with Crippen LogP contribution in [0.25, 0.3) is 0 Å². The fourth-order valence-electron chi connectivity index (χ4n) is 1.26. The molecule has 1 rings (SSSR count). The van der Waals surface area contributed by atoms with Gasteiger partial charge in [-0.3, -0.25) is 9.59 Å². The van der Waals surface area contributed by atoms with Crippen LogP contribution >= 0.6 is 0 Å². The third-order valence-electron chi connectivity index (χ3n) is 2.11. The van der Waals surface area contributed by atoms with Gasteiger partial charge >= 0.3 is 11.9 Å². The normalized spacial score (nSPS) is 12.8. The molecule has 0 aliphatic rings. The van der Waals surface area contributed by atoms with Gasteiger partial charge in [0.1, 0.15) is 6.04 Å². The van der Waals surface area contributed by atoms with E-state index in [0.717, 1.165) is 6.42 Å². The molecule has 6 heteroatoms. The number of aliphatic carboxylic acids is 2. The molecule has 0 amide bonds. The molecule has 0 saturated carbocycles. The van der Waals surface area contributed by atoms with Crippen LogP contribution in [0.1, 0.15) is 18.9 Å². The van der Waals surface area contributed by atoms with Gasteiger partial charge in [0.2, 0.25) is 0 Å². The molecule has 0 fully saturated rings. The van der Waals surface area contributed by atoms with Gasteiger partial charge in [0.15, 0.2) is 0 Å². The Morgan fingerprint density at radius 2 is 1.68 bits per heavy atom. The minimum atomic E-state index is -1.29. The number of hydrogen-bond acceptors (Lipinski definition) is 4. The van der Waals surface area contributed by atoms with Gasteiger partial charge in [0.25, 0.3) is 0 Å². The zero-order valence-corrected chi connectivity index (χ0v) is 10.8. The van der Waals surface area contributed by atoms with Crippen molar-refractivity contribution in [1.82, 2.24) is 0 Å². The van der Waals surface area contributed by atoms with Crippen molar-refractivity contribution in [3.05, 3.63) is 35.9 Å². The summed E-state index contributed by atoms with van der Waals surface area (Å²) >= 11 is 0. The zero-order chi connectivity index (χ0) is 14.8. The fraction of sp³-hybridized carbons (Fsp3) is 0.385. The topological polar surface area (TPSA) is 127 Å². The molecule has 106 valence electrons. The van der Waals surface area contributed by atoms with E-state index in [9.17, 15) is 9.59 Å². The van der Waals surface area contributed by atoms with E-state index in [0.29, 0.717) is 0 Å². The van der Waals surface area contributed by atoms with Crippen molar-refractivity contribution in [2.24, 2.45) is 11.5 Å². The first-order valence-corrected chi connectivity index (χ1v) is 5.82. The van der Waals surface area contributed by atoms with Gasteiger partial charge < -0.3 is 21.7 Å². The Kier molecular flexibility index (Phi) is 8.15. The standard InChI is InChI=1S/C9H13N.C4H7NO4/c1-8(10)7-9-5-3-2-4-6-9;5-2(4(8)9)1-3(6)7/h2-6,8H,7,10H2,1H3;2H,1,5H2,(H,6,7)(H,8,9)/t8-;2-/m00/s1. The molecule has 6 nitrogen and oxygen atoms in total. The summed E-state index contributed by atoms with van der Waals surface area (Å²) in [4.78, 5) is 19.6. The molecular formula is C13H20N2O4. The van der Waals surface area contributed by atoms with Crippen LogP contribution in [0.3, 0.4) is 0 Å². The van der Waals surface area contributed by atoms with E-state index >= 15 is 0 Å². The van der Waals surface area contributed by atoms with Crippen LogP contribution in [0.4, 0.5) is 0 Å². The van der Waals surface area contributed by atoms with Crippen molar-refractivity contribution in [1.29, 1.82) is 0 Å². The number of rotatable bonds is 5. The molecule has 0 aliphatic carbocycles. The van der Waals surface area contributed by atoms with E-state index in [2.05, 4.69) is 12.1 Å². The van der Waals surface area contributed by atoms with E-state index in [1.54, 1.807) is 0 Å². The summed E-state index contributed by atoms with van der Waals surface area (Å²) in [6, 6.07) is 9.28. The predicted octanol–water partition coefficient (Wildman–Crippen LogP) is 0.449. The lowest BCUT2D eigenvalue weighted by Crippen LogP contribution is -2.32. The number of hydrogen-bond donors (Lipinski definition) is 4. The van der Waals surface area contributed by atoms with Crippen LogP contribution in [0.2, 0.25) is 0 Å². The van der Waals surface area contributed by atoms with E-state index in [4.69, 9.17) is 21.7 Å². The van der Waals surface area contributed by atoms with Crippen molar-refractivity contribution in [2.75, 3.05) is 0 Å². The highest BCUT2D eigenvalue weighted by molar-refractivity contribution is 5.80. The van der Waals surface area contributed by atoms with Gasteiger partial charge in [-0.2, -0.15) is 0 Å². The number of carboxylic acids is 2. The van der Waals surface area contributed by atoms with Crippen LogP contribution in [0.15, 0.2) is 30.3 Å². The predicted molar refractivity (Wildman–Crippen MR) is 71.7 cm³/mol. The quantitative estimate of drug-likeness (QED) is 0.614. The van der Waals surface area contributed by atoms with E-state index < -0.39 is 24.4 Å². The summed E-state index contributed by atoms with van der Waals surface area (Å²) in [5.41, 5.74) is 11.8. The molecule has 1 aromatic rings. The van der Waals surface area contributed by atoms with E-state index in [1.807, 2.05) is 25.1 Å². The summed E-state index contributed by atoms with van der Waals surface area (Å²) in [6.45, 7) is 2.02. The zero-order valence-electron chi connectivity index (χ0n) is 10.8. The highest BCUT2D eigenvalue weighted by Gasteiger charge is 2.14. The highest BCUT2D eigenvalue weighted by Crippen LogP contribution is 2.00. The number of benzene rings is 1. The first-order valence-electron chi connectivity index (χ1n) is 5.82. The smallest absolute Gasteiger partial charge is 0.321 e. The molecule has 0 unspecified atom stereocenters. The van der Waals surface area contributed by atoms with Gasteiger partial charge in [-0.25, -0.2) is 0 Å². The Bertz CT molecular complexity index is 393. The van der Waals surface area contributed by atoms with Crippen molar-refractivity contribution in [3.63, 3.8) is 0 Å². The molecule has 6 N–H and O–H groups in total. The Labute approximate surface area is 112 Å². The average Bonchev–Trinajstić information content (AvgIpc) is 2.29. The molecular weight excluding hydrogens is 248 g/mol. The first kappa shape index (κ1) is 17.1. The second kappa shape index (κ2) is 9.07. The maximum atomic E-state index is 9.85. The number of nitrogens with two attached hydrogens (primary N) is 2. The SMILES string of the molecule is C[C@H](N)Cc1ccccc1.N[C@@H](CC(=O)O)C(=O)O. The number of carboxylic acid groups (broad SMARTS) is 2. The molecule has 0 aliphatic heterocycles. The van der Waals surface area contributed by atoms with Gasteiger partial charge in [0, 0.05) is 6.04 Å². The maximum Gasteiger partial charge on any atom is 0.321 e. The summed E-state index contributed by atoms with van der Waals surface area (Å²) in [5.74, 6) is -2.50. The monoisotopic (exact) mass is 268 g/mol. The summed E-state index contributed by atoms with van der Waals surface area (Å²) < 4.78 is 0. The van der Waals surface area contributed by atoms with E-state index in [1.165, 1.54) is 5.56 Å². The van der Waals surface area contributed by atoms with E-state index in [-0.39, 0.29) is 6.04 Å². The second-order valence-electron chi connectivity index (χ2n) is 4.21.